The van der Waals surface area contributed by atoms with Crippen molar-refractivity contribution in [2.45, 2.75) is 33.7 Å². The quantitative estimate of drug-likeness (QED) is 0.595. The molecule has 2 aromatic rings. The van der Waals surface area contributed by atoms with Crippen LogP contribution in [-0.4, -0.2) is 36.1 Å². The van der Waals surface area contributed by atoms with Crippen molar-refractivity contribution in [3.63, 3.8) is 0 Å². The Balaban J connectivity index is 1.92. The van der Waals surface area contributed by atoms with Crippen molar-refractivity contribution in [3.8, 4) is 5.88 Å². The minimum absolute atomic E-state index is 0.516. The lowest BCUT2D eigenvalue weighted by Gasteiger charge is -2.11. The molecule has 2 N–H and O–H groups in total. The van der Waals surface area contributed by atoms with E-state index in [9.17, 15) is 0 Å². The molecule has 0 unspecified atom stereocenters. The molecule has 24 heavy (non-hydrogen) atoms. The summed E-state index contributed by atoms with van der Waals surface area (Å²) in [5, 5.41) is 7.76. The summed E-state index contributed by atoms with van der Waals surface area (Å²) >= 11 is 1.76. The molecule has 0 aromatic carbocycles. The van der Waals surface area contributed by atoms with Gasteiger partial charge in [0, 0.05) is 36.1 Å². The summed E-state index contributed by atoms with van der Waals surface area (Å²) in [6.07, 6.45) is 2.60. The zero-order valence-corrected chi connectivity index (χ0v) is 15.5. The molecule has 0 aliphatic rings. The Labute approximate surface area is 147 Å². The van der Waals surface area contributed by atoms with Gasteiger partial charge in [-0.1, -0.05) is 6.07 Å². The molecule has 0 bridgehead atoms. The van der Waals surface area contributed by atoms with Crippen molar-refractivity contribution in [1.82, 2.24) is 20.6 Å². The number of aromatic nitrogens is 2. The number of ether oxygens (including phenoxy) is 1. The van der Waals surface area contributed by atoms with Gasteiger partial charge in [0.05, 0.1) is 24.4 Å². The van der Waals surface area contributed by atoms with Crippen LogP contribution in [0.3, 0.4) is 0 Å². The summed E-state index contributed by atoms with van der Waals surface area (Å²) in [6, 6.07) is 3.86. The lowest BCUT2D eigenvalue weighted by atomic mass is 10.3. The molecule has 0 aliphatic carbocycles. The number of hydrogen-bond donors (Lipinski definition) is 2. The first-order chi connectivity index (χ1) is 11.6. The van der Waals surface area contributed by atoms with Crippen molar-refractivity contribution >= 4 is 17.3 Å². The zero-order chi connectivity index (χ0) is 17.4. The van der Waals surface area contributed by atoms with Gasteiger partial charge in [-0.15, -0.1) is 11.3 Å². The van der Waals surface area contributed by atoms with E-state index in [-0.39, 0.29) is 0 Å². The molecule has 6 nitrogen and oxygen atoms in total. The van der Waals surface area contributed by atoms with Crippen LogP contribution in [0.4, 0.5) is 0 Å². The number of aryl methyl sites for hydroxylation is 2. The SMILES string of the molecule is CCNC(=NCc1cccnc1OC)NCCc1nc(C)c(C)s1. The molecule has 0 saturated carbocycles. The van der Waals surface area contributed by atoms with Crippen LogP contribution in [0.15, 0.2) is 23.3 Å². The monoisotopic (exact) mass is 347 g/mol. The van der Waals surface area contributed by atoms with E-state index in [1.807, 2.05) is 12.1 Å². The minimum Gasteiger partial charge on any atom is -0.481 e. The number of aliphatic imine (C=N–C) groups is 1. The number of methoxy groups -OCH3 is 1. The van der Waals surface area contributed by atoms with Gasteiger partial charge in [-0.05, 0) is 26.8 Å². The fourth-order valence-electron chi connectivity index (χ4n) is 2.17. The number of nitrogens with zero attached hydrogens (tertiary/aromatic N) is 3. The number of nitrogens with one attached hydrogen (secondary N) is 2. The summed E-state index contributed by atoms with van der Waals surface area (Å²) < 4.78 is 5.26. The standard InChI is InChI=1S/C17H25N5OS/c1-5-18-17(20-10-8-15-22-12(2)13(3)24-15)21-11-14-7-6-9-19-16(14)23-4/h6-7,9H,5,8,10-11H2,1-4H3,(H2,18,20,21). The Bertz CT molecular complexity index is 664. The summed E-state index contributed by atoms with van der Waals surface area (Å²) in [4.78, 5) is 14.6. The van der Waals surface area contributed by atoms with Crippen LogP contribution in [0.25, 0.3) is 0 Å². The highest BCUT2D eigenvalue weighted by Crippen LogP contribution is 2.16. The first-order valence-electron chi connectivity index (χ1n) is 8.07. The van der Waals surface area contributed by atoms with Crippen molar-refractivity contribution in [2.75, 3.05) is 20.2 Å². The molecular formula is C17H25N5OS. The molecule has 2 aromatic heterocycles. The lowest BCUT2D eigenvalue weighted by Crippen LogP contribution is -2.38. The first kappa shape index (κ1) is 18.2. The minimum atomic E-state index is 0.516. The molecule has 0 fully saturated rings. The highest BCUT2D eigenvalue weighted by Gasteiger charge is 2.05. The van der Waals surface area contributed by atoms with Gasteiger partial charge in [-0.3, -0.25) is 0 Å². The molecular weight excluding hydrogens is 322 g/mol. The van der Waals surface area contributed by atoms with Crippen LogP contribution in [0.1, 0.15) is 28.1 Å². The Morgan fingerprint density at radius 1 is 1.33 bits per heavy atom. The third-order valence-corrected chi connectivity index (χ3v) is 4.63. The van der Waals surface area contributed by atoms with Crippen molar-refractivity contribution in [1.29, 1.82) is 0 Å². The number of pyridine rings is 1. The molecule has 0 radical (unpaired) electrons. The van der Waals surface area contributed by atoms with Crippen LogP contribution in [0.5, 0.6) is 5.88 Å². The van der Waals surface area contributed by atoms with Gasteiger partial charge in [0.15, 0.2) is 5.96 Å². The molecule has 0 saturated heterocycles. The molecule has 0 spiro atoms. The second kappa shape index (κ2) is 9.22. The number of guanidine groups is 1. The van der Waals surface area contributed by atoms with Gasteiger partial charge in [0.25, 0.3) is 0 Å². The maximum Gasteiger partial charge on any atom is 0.218 e. The van der Waals surface area contributed by atoms with E-state index in [0.29, 0.717) is 12.4 Å². The highest BCUT2D eigenvalue weighted by atomic mass is 32.1. The Hall–Kier alpha value is -2.15. The predicted molar refractivity (Wildman–Crippen MR) is 98.9 cm³/mol. The molecule has 130 valence electrons. The van der Waals surface area contributed by atoms with Gasteiger partial charge in [0.2, 0.25) is 5.88 Å². The number of hydrogen-bond acceptors (Lipinski definition) is 5. The third kappa shape index (κ3) is 5.19. The number of thiazole rings is 1. The van der Waals surface area contributed by atoms with Crippen LogP contribution in [0.2, 0.25) is 0 Å². The lowest BCUT2D eigenvalue weighted by molar-refractivity contribution is 0.392. The highest BCUT2D eigenvalue weighted by molar-refractivity contribution is 7.11. The summed E-state index contributed by atoms with van der Waals surface area (Å²) in [5.74, 6) is 1.40. The maximum absolute atomic E-state index is 5.26. The fourth-order valence-corrected chi connectivity index (χ4v) is 3.10. The normalized spacial score (nSPS) is 11.4. The molecule has 0 atom stereocenters. The Kier molecular flexibility index (Phi) is 6.99. The van der Waals surface area contributed by atoms with E-state index in [1.165, 1.54) is 4.88 Å². The summed E-state index contributed by atoms with van der Waals surface area (Å²) in [7, 11) is 1.62. The third-order valence-electron chi connectivity index (χ3n) is 3.50. The largest absolute Gasteiger partial charge is 0.481 e. The van der Waals surface area contributed by atoms with Crippen LogP contribution < -0.4 is 15.4 Å². The molecule has 7 heteroatoms. The summed E-state index contributed by atoms with van der Waals surface area (Å²) in [6.45, 7) is 8.33. The van der Waals surface area contributed by atoms with Crippen LogP contribution in [0, 0.1) is 13.8 Å². The second-order valence-corrected chi connectivity index (χ2v) is 6.58. The van der Waals surface area contributed by atoms with Gasteiger partial charge >= 0.3 is 0 Å². The predicted octanol–water partition coefficient (Wildman–Crippen LogP) is 2.46. The molecule has 0 aliphatic heterocycles. The van der Waals surface area contributed by atoms with Crippen molar-refractivity contribution < 1.29 is 4.74 Å². The van der Waals surface area contributed by atoms with E-state index in [0.717, 1.165) is 41.7 Å². The Morgan fingerprint density at radius 2 is 2.17 bits per heavy atom. The second-order valence-electron chi connectivity index (χ2n) is 5.29. The van der Waals surface area contributed by atoms with E-state index in [2.05, 4.69) is 46.4 Å². The van der Waals surface area contributed by atoms with E-state index in [4.69, 9.17) is 4.74 Å². The smallest absolute Gasteiger partial charge is 0.218 e. The molecule has 2 rings (SSSR count). The van der Waals surface area contributed by atoms with Gasteiger partial charge in [-0.2, -0.15) is 0 Å². The Morgan fingerprint density at radius 3 is 2.83 bits per heavy atom. The fraction of sp³-hybridized carbons (Fsp3) is 0.471. The molecule has 0 amide bonds. The average Bonchev–Trinajstić information content (AvgIpc) is 2.91. The van der Waals surface area contributed by atoms with E-state index in [1.54, 1.807) is 24.6 Å². The van der Waals surface area contributed by atoms with Gasteiger partial charge < -0.3 is 15.4 Å². The average molecular weight is 347 g/mol. The number of rotatable bonds is 7. The van der Waals surface area contributed by atoms with Gasteiger partial charge in [-0.25, -0.2) is 15.0 Å². The maximum atomic E-state index is 5.26. The summed E-state index contributed by atoms with van der Waals surface area (Å²) in [5.41, 5.74) is 2.09. The van der Waals surface area contributed by atoms with Crippen molar-refractivity contribution in [2.24, 2.45) is 4.99 Å². The van der Waals surface area contributed by atoms with E-state index < -0.39 is 0 Å². The molecule has 2 heterocycles. The van der Waals surface area contributed by atoms with Crippen molar-refractivity contribution in [3.05, 3.63) is 39.5 Å². The van der Waals surface area contributed by atoms with E-state index >= 15 is 0 Å². The van der Waals surface area contributed by atoms with Gasteiger partial charge in [0.1, 0.15) is 0 Å². The topological polar surface area (TPSA) is 71.4 Å². The zero-order valence-electron chi connectivity index (χ0n) is 14.7. The first-order valence-corrected chi connectivity index (χ1v) is 8.88. The van der Waals surface area contributed by atoms with Crippen LogP contribution in [-0.2, 0) is 13.0 Å². The van der Waals surface area contributed by atoms with Crippen LogP contribution >= 0.6 is 11.3 Å².